The fourth-order valence-corrected chi connectivity index (χ4v) is 1.61. The third-order valence-corrected chi connectivity index (χ3v) is 2.32. The fourth-order valence-electron chi connectivity index (χ4n) is 1.61. The molecule has 0 unspecified atom stereocenters. The van der Waals surface area contributed by atoms with E-state index in [2.05, 4.69) is 10.3 Å². The molecule has 0 aliphatic rings. The first-order valence-electron chi connectivity index (χ1n) is 4.83. The maximum absolute atomic E-state index is 11.8. The first-order valence-corrected chi connectivity index (χ1v) is 4.83. The Morgan fingerprint density at radius 3 is 3.07 bits per heavy atom. The summed E-state index contributed by atoms with van der Waals surface area (Å²) in [6.45, 7) is 0.355. The number of pyridine rings is 1. The van der Waals surface area contributed by atoms with Crippen LogP contribution in [0, 0.1) is 0 Å². The third kappa shape index (κ3) is 1.87. The summed E-state index contributed by atoms with van der Waals surface area (Å²) in [6.07, 6.45) is 3.47. The topological polar surface area (TPSA) is 42.0 Å². The van der Waals surface area contributed by atoms with Crippen molar-refractivity contribution in [3.8, 4) is 0 Å². The molecule has 1 aromatic heterocycles. The standard InChI is InChI=1S/C12H12N2O/c1-13-8-12(15)10-4-2-3-9-5-6-14-7-11(9)10/h2-7,13H,8H2,1H3. The van der Waals surface area contributed by atoms with E-state index < -0.39 is 0 Å². The zero-order chi connectivity index (χ0) is 10.7. The predicted octanol–water partition coefficient (Wildman–Crippen LogP) is 1.64. The summed E-state index contributed by atoms with van der Waals surface area (Å²) in [5.41, 5.74) is 0.731. The van der Waals surface area contributed by atoms with Crippen LogP contribution in [0.5, 0.6) is 0 Å². The van der Waals surface area contributed by atoms with E-state index in [4.69, 9.17) is 0 Å². The lowest BCUT2D eigenvalue weighted by molar-refractivity contribution is 0.0995. The number of aromatic nitrogens is 1. The Morgan fingerprint density at radius 2 is 2.27 bits per heavy atom. The van der Waals surface area contributed by atoms with Crippen LogP contribution in [0.15, 0.2) is 36.7 Å². The van der Waals surface area contributed by atoms with Gasteiger partial charge in [0.1, 0.15) is 0 Å². The Bertz CT molecular complexity index is 488. The summed E-state index contributed by atoms with van der Waals surface area (Å²) in [4.78, 5) is 15.8. The second kappa shape index (κ2) is 4.19. The molecule has 0 bridgehead atoms. The lowest BCUT2D eigenvalue weighted by Gasteiger charge is -2.04. The normalized spacial score (nSPS) is 10.5. The van der Waals surface area contributed by atoms with Gasteiger partial charge in [-0.05, 0) is 18.5 Å². The summed E-state index contributed by atoms with van der Waals surface area (Å²) in [5, 5.41) is 4.83. The van der Waals surface area contributed by atoms with Gasteiger partial charge in [-0.3, -0.25) is 9.78 Å². The fraction of sp³-hybridized carbons (Fsp3) is 0.167. The van der Waals surface area contributed by atoms with Crippen molar-refractivity contribution in [2.75, 3.05) is 13.6 Å². The van der Waals surface area contributed by atoms with Gasteiger partial charge in [-0.25, -0.2) is 0 Å². The number of ketones is 1. The number of benzene rings is 1. The molecule has 0 amide bonds. The Labute approximate surface area is 88.1 Å². The molecule has 0 aliphatic carbocycles. The van der Waals surface area contributed by atoms with Crippen LogP contribution in [-0.2, 0) is 0 Å². The average Bonchev–Trinajstić information content (AvgIpc) is 2.28. The van der Waals surface area contributed by atoms with Crippen LogP contribution >= 0.6 is 0 Å². The second-order valence-electron chi connectivity index (χ2n) is 3.36. The largest absolute Gasteiger partial charge is 0.313 e. The molecule has 0 aliphatic heterocycles. The zero-order valence-electron chi connectivity index (χ0n) is 8.53. The third-order valence-electron chi connectivity index (χ3n) is 2.32. The molecular weight excluding hydrogens is 188 g/mol. The molecule has 3 nitrogen and oxygen atoms in total. The minimum Gasteiger partial charge on any atom is -0.313 e. The quantitative estimate of drug-likeness (QED) is 0.766. The lowest BCUT2D eigenvalue weighted by atomic mass is 10.0. The Balaban J connectivity index is 2.56. The minimum atomic E-state index is 0.0936. The van der Waals surface area contributed by atoms with E-state index >= 15 is 0 Å². The van der Waals surface area contributed by atoms with Crippen molar-refractivity contribution in [3.05, 3.63) is 42.2 Å². The Hall–Kier alpha value is -1.74. The Kier molecular flexibility index (Phi) is 2.74. The van der Waals surface area contributed by atoms with Crippen LogP contribution in [0.25, 0.3) is 10.8 Å². The van der Waals surface area contributed by atoms with Crippen LogP contribution in [0.3, 0.4) is 0 Å². The minimum absolute atomic E-state index is 0.0936. The first-order chi connectivity index (χ1) is 7.33. The summed E-state index contributed by atoms with van der Waals surface area (Å²) in [5.74, 6) is 0.0936. The number of Topliss-reactive ketones (excluding diaryl/α,β-unsaturated/α-hetero) is 1. The van der Waals surface area contributed by atoms with Crippen LogP contribution in [-0.4, -0.2) is 24.4 Å². The van der Waals surface area contributed by atoms with Crippen LogP contribution in [0.4, 0.5) is 0 Å². The van der Waals surface area contributed by atoms with Crippen LogP contribution in [0.1, 0.15) is 10.4 Å². The average molecular weight is 200 g/mol. The number of nitrogens with zero attached hydrogens (tertiary/aromatic N) is 1. The number of nitrogens with one attached hydrogen (secondary N) is 1. The molecule has 2 aromatic rings. The molecule has 0 saturated carbocycles. The van der Waals surface area contributed by atoms with Gasteiger partial charge in [0.2, 0.25) is 0 Å². The molecule has 3 heteroatoms. The molecular formula is C12H12N2O. The lowest BCUT2D eigenvalue weighted by Crippen LogP contribution is -2.18. The van der Waals surface area contributed by atoms with Gasteiger partial charge < -0.3 is 5.32 Å². The van der Waals surface area contributed by atoms with E-state index in [0.29, 0.717) is 6.54 Å². The van der Waals surface area contributed by atoms with E-state index in [1.165, 1.54) is 0 Å². The molecule has 0 saturated heterocycles. The van der Waals surface area contributed by atoms with Crippen LogP contribution in [0.2, 0.25) is 0 Å². The number of likely N-dealkylation sites (N-methyl/N-ethyl adjacent to an activating group) is 1. The molecule has 0 fully saturated rings. The molecule has 1 heterocycles. The van der Waals surface area contributed by atoms with Crippen molar-refractivity contribution in [1.82, 2.24) is 10.3 Å². The van der Waals surface area contributed by atoms with Crippen molar-refractivity contribution < 1.29 is 4.79 Å². The van der Waals surface area contributed by atoms with Gasteiger partial charge in [-0.15, -0.1) is 0 Å². The first kappa shape index (κ1) is 9.80. The van der Waals surface area contributed by atoms with E-state index in [-0.39, 0.29) is 5.78 Å². The van der Waals surface area contributed by atoms with Crippen molar-refractivity contribution in [3.63, 3.8) is 0 Å². The summed E-state index contributed by atoms with van der Waals surface area (Å²) in [6, 6.07) is 7.62. The zero-order valence-corrected chi connectivity index (χ0v) is 8.53. The Morgan fingerprint density at radius 1 is 1.40 bits per heavy atom. The van der Waals surface area contributed by atoms with E-state index in [0.717, 1.165) is 16.3 Å². The number of hydrogen-bond donors (Lipinski definition) is 1. The van der Waals surface area contributed by atoms with Gasteiger partial charge in [-0.2, -0.15) is 0 Å². The van der Waals surface area contributed by atoms with Gasteiger partial charge in [0.15, 0.2) is 5.78 Å². The maximum atomic E-state index is 11.8. The molecule has 76 valence electrons. The van der Waals surface area contributed by atoms with Gasteiger partial charge in [0, 0.05) is 23.3 Å². The monoisotopic (exact) mass is 200 g/mol. The van der Waals surface area contributed by atoms with Crippen molar-refractivity contribution >= 4 is 16.6 Å². The number of carbonyl (C=O) groups is 1. The molecule has 1 aromatic carbocycles. The molecule has 2 rings (SSSR count). The summed E-state index contributed by atoms with van der Waals surface area (Å²) >= 11 is 0. The maximum Gasteiger partial charge on any atom is 0.177 e. The molecule has 1 N–H and O–H groups in total. The van der Waals surface area contributed by atoms with Crippen molar-refractivity contribution in [2.45, 2.75) is 0 Å². The van der Waals surface area contributed by atoms with Crippen molar-refractivity contribution in [2.24, 2.45) is 0 Å². The number of fused-ring (bicyclic) bond motifs is 1. The SMILES string of the molecule is CNCC(=O)c1cccc2ccncc12. The molecule has 0 atom stereocenters. The number of carbonyl (C=O) groups excluding carboxylic acids is 1. The molecule has 0 spiro atoms. The highest BCUT2D eigenvalue weighted by Crippen LogP contribution is 2.17. The van der Waals surface area contributed by atoms with E-state index in [9.17, 15) is 4.79 Å². The summed E-state index contributed by atoms with van der Waals surface area (Å²) < 4.78 is 0. The van der Waals surface area contributed by atoms with Gasteiger partial charge in [0.05, 0.1) is 6.54 Å². The molecule has 15 heavy (non-hydrogen) atoms. The van der Waals surface area contributed by atoms with Crippen molar-refractivity contribution in [1.29, 1.82) is 0 Å². The highest BCUT2D eigenvalue weighted by atomic mass is 16.1. The summed E-state index contributed by atoms with van der Waals surface area (Å²) in [7, 11) is 1.77. The predicted molar refractivity (Wildman–Crippen MR) is 60.0 cm³/mol. The highest BCUT2D eigenvalue weighted by molar-refractivity contribution is 6.08. The molecule has 0 radical (unpaired) electrons. The van der Waals surface area contributed by atoms with Gasteiger partial charge in [-0.1, -0.05) is 18.2 Å². The van der Waals surface area contributed by atoms with Gasteiger partial charge >= 0.3 is 0 Å². The van der Waals surface area contributed by atoms with Crippen LogP contribution < -0.4 is 5.32 Å². The number of rotatable bonds is 3. The van der Waals surface area contributed by atoms with E-state index in [1.54, 1.807) is 19.4 Å². The second-order valence-corrected chi connectivity index (χ2v) is 3.36. The van der Waals surface area contributed by atoms with Gasteiger partial charge in [0.25, 0.3) is 0 Å². The number of hydrogen-bond acceptors (Lipinski definition) is 3. The highest BCUT2D eigenvalue weighted by Gasteiger charge is 2.08. The van der Waals surface area contributed by atoms with E-state index in [1.807, 2.05) is 24.3 Å². The smallest absolute Gasteiger partial charge is 0.177 e.